The quantitative estimate of drug-likeness (QED) is 0.842. The Bertz CT molecular complexity index is 759. The summed E-state index contributed by atoms with van der Waals surface area (Å²) in [4.78, 5) is 17.4. The van der Waals surface area contributed by atoms with Crippen LogP contribution in [0, 0.1) is 6.92 Å². The highest BCUT2D eigenvalue weighted by Crippen LogP contribution is 2.49. The molecule has 2 heterocycles. The molecule has 1 amide bonds. The number of carbonyl (C=O) groups is 1. The number of benzene rings is 1. The van der Waals surface area contributed by atoms with E-state index in [4.69, 9.17) is 16.1 Å². The first-order valence-electron chi connectivity index (χ1n) is 8.77. The minimum atomic E-state index is -0.311. The molecule has 25 heavy (non-hydrogen) atoms. The third kappa shape index (κ3) is 3.31. The van der Waals surface area contributed by atoms with Crippen molar-refractivity contribution in [3.63, 3.8) is 0 Å². The summed E-state index contributed by atoms with van der Waals surface area (Å²) in [5.74, 6) is 1.15. The monoisotopic (exact) mass is 359 g/mol. The van der Waals surface area contributed by atoms with Gasteiger partial charge in [-0.2, -0.15) is 0 Å². The Hall–Kier alpha value is -1.85. The Labute approximate surface area is 152 Å². The van der Waals surface area contributed by atoms with Gasteiger partial charge < -0.3 is 9.42 Å². The predicted molar refractivity (Wildman–Crippen MR) is 95.5 cm³/mol. The van der Waals surface area contributed by atoms with Crippen molar-refractivity contribution in [2.45, 2.75) is 31.7 Å². The lowest BCUT2D eigenvalue weighted by atomic mass is 9.94. The highest BCUT2D eigenvalue weighted by atomic mass is 35.5. The lowest BCUT2D eigenvalue weighted by Gasteiger charge is -2.36. The van der Waals surface area contributed by atoms with Crippen molar-refractivity contribution in [3.8, 4) is 0 Å². The van der Waals surface area contributed by atoms with Crippen LogP contribution in [0.25, 0.3) is 0 Å². The minimum Gasteiger partial charge on any atom is -0.360 e. The summed E-state index contributed by atoms with van der Waals surface area (Å²) in [5.41, 5.74) is 1.69. The number of aryl methyl sites for hydroxylation is 1. The van der Waals surface area contributed by atoms with E-state index in [0.29, 0.717) is 5.02 Å². The van der Waals surface area contributed by atoms with Gasteiger partial charge in [-0.25, -0.2) is 0 Å². The van der Waals surface area contributed by atoms with Gasteiger partial charge in [0.25, 0.3) is 0 Å². The minimum absolute atomic E-state index is 0.269. The van der Waals surface area contributed by atoms with Gasteiger partial charge in [-0.3, -0.25) is 9.69 Å². The second-order valence-electron chi connectivity index (χ2n) is 7.09. The van der Waals surface area contributed by atoms with Gasteiger partial charge in [0.2, 0.25) is 5.91 Å². The molecule has 1 saturated carbocycles. The van der Waals surface area contributed by atoms with Gasteiger partial charge in [0.15, 0.2) is 5.76 Å². The predicted octanol–water partition coefficient (Wildman–Crippen LogP) is 3.01. The van der Waals surface area contributed by atoms with Crippen LogP contribution in [0.2, 0.25) is 5.02 Å². The van der Waals surface area contributed by atoms with Crippen LogP contribution >= 0.6 is 11.6 Å². The average molecular weight is 360 g/mol. The number of nitrogens with zero attached hydrogens (tertiary/aromatic N) is 3. The molecule has 0 atom stereocenters. The van der Waals surface area contributed by atoms with E-state index < -0.39 is 0 Å². The van der Waals surface area contributed by atoms with Gasteiger partial charge in [0.05, 0.1) is 17.7 Å². The summed E-state index contributed by atoms with van der Waals surface area (Å²) in [6.07, 6.45) is 1.87. The van der Waals surface area contributed by atoms with E-state index in [-0.39, 0.29) is 11.3 Å². The molecular formula is C19H22ClN3O2. The molecule has 1 aromatic carbocycles. The first-order chi connectivity index (χ1) is 12.1. The molecule has 5 nitrogen and oxygen atoms in total. The van der Waals surface area contributed by atoms with E-state index >= 15 is 0 Å². The van der Waals surface area contributed by atoms with Crippen LogP contribution in [0.15, 0.2) is 34.9 Å². The molecule has 4 rings (SSSR count). The number of carbonyl (C=O) groups excluding carboxylic acids is 1. The van der Waals surface area contributed by atoms with Crippen LogP contribution in [0.1, 0.15) is 29.9 Å². The summed E-state index contributed by atoms with van der Waals surface area (Å²) < 4.78 is 5.29. The summed E-state index contributed by atoms with van der Waals surface area (Å²) in [5, 5.41) is 4.64. The lowest BCUT2D eigenvalue weighted by Crippen LogP contribution is -2.51. The Morgan fingerprint density at radius 3 is 2.44 bits per heavy atom. The van der Waals surface area contributed by atoms with Gasteiger partial charge in [-0.1, -0.05) is 28.9 Å². The summed E-state index contributed by atoms with van der Waals surface area (Å²) in [6, 6.07) is 9.71. The Balaban J connectivity index is 1.37. The maximum atomic E-state index is 13.1. The molecule has 0 unspecified atom stereocenters. The lowest BCUT2D eigenvalue weighted by molar-refractivity contribution is -0.135. The van der Waals surface area contributed by atoms with E-state index in [1.807, 2.05) is 42.2 Å². The van der Waals surface area contributed by atoms with Crippen molar-refractivity contribution in [3.05, 3.63) is 52.4 Å². The molecule has 0 radical (unpaired) electrons. The summed E-state index contributed by atoms with van der Waals surface area (Å²) >= 11 is 5.98. The first kappa shape index (κ1) is 16.6. The van der Waals surface area contributed by atoms with Gasteiger partial charge in [0.1, 0.15) is 0 Å². The topological polar surface area (TPSA) is 49.6 Å². The van der Waals surface area contributed by atoms with Gasteiger partial charge >= 0.3 is 0 Å². The fourth-order valence-corrected chi connectivity index (χ4v) is 3.77. The third-order valence-electron chi connectivity index (χ3n) is 5.27. The molecule has 0 spiro atoms. The SMILES string of the molecule is Cc1cc(CN2CCN(C(=O)C3(c4ccc(Cl)cc4)CC3)CC2)on1. The van der Waals surface area contributed by atoms with E-state index in [1.165, 1.54) is 0 Å². The average Bonchev–Trinajstić information content (AvgIpc) is 3.33. The number of hydrogen-bond acceptors (Lipinski definition) is 4. The second kappa shape index (κ2) is 6.46. The van der Waals surface area contributed by atoms with Crippen LogP contribution in [0.4, 0.5) is 0 Å². The molecule has 1 aromatic heterocycles. The highest BCUT2D eigenvalue weighted by molar-refractivity contribution is 6.30. The zero-order valence-electron chi connectivity index (χ0n) is 14.4. The normalized spacial score (nSPS) is 19.8. The second-order valence-corrected chi connectivity index (χ2v) is 7.53. The number of rotatable bonds is 4. The largest absolute Gasteiger partial charge is 0.360 e. The smallest absolute Gasteiger partial charge is 0.233 e. The van der Waals surface area contributed by atoms with Crippen molar-refractivity contribution in [2.24, 2.45) is 0 Å². The maximum absolute atomic E-state index is 13.1. The summed E-state index contributed by atoms with van der Waals surface area (Å²) in [7, 11) is 0. The molecule has 1 aliphatic heterocycles. The van der Waals surface area contributed by atoms with E-state index in [1.54, 1.807) is 0 Å². The maximum Gasteiger partial charge on any atom is 0.233 e. The van der Waals surface area contributed by atoms with Crippen molar-refractivity contribution in [1.29, 1.82) is 0 Å². The van der Waals surface area contributed by atoms with Crippen molar-refractivity contribution in [2.75, 3.05) is 26.2 Å². The van der Waals surface area contributed by atoms with E-state index in [2.05, 4.69) is 10.1 Å². The van der Waals surface area contributed by atoms with Crippen LogP contribution in [0.3, 0.4) is 0 Å². The first-order valence-corrected chi connectivity index (χ1v) is 9.15. The Morgan fingerprint density at radius 2 is 1.88 bits per heavy atom. The molecule has 132 valence electrons. The fraction of sp³-hybridized carbons (Fsp3) is 0.474. The van der Waals surface area contributed by atoms with E-state index in [9.17, 15) is 4.79 Å². The number of halogens is 1. The third-order valence-corrected chi connectivity index (χ3v) is 5.52. The Morgan fingerprint density at radius 1 is 1.20 bits per heavy atom. The van der Waals surface area contributed by atoms with Crippen LogP contribution < -0.4 is 0 Å². The zero-order valence-corrected chi connectivity index (χ0v) is 15.1. The molecule has 2 aliphatic rings. The van der Waals surface area contributed by atoms with Crippen molar-refractivity contribution < 1.29 is 9.32 Å². The number of aromatic nitrogens is 1. The molecule has 1 aliphatic carbocycles. The summed E-state index contributed by atoms with van der Waals surface area (Å²) in [6.45, 7) is 5.94. The van der Waals surface area contributed by atoms with E-state index in [0.717, 1.165) is 62.6 Å². The van der Waals surface area contributed by atoms with Gasteiger partial charge in [0, 0.05) is 37.3 Å². The van der Waals surface area contributed by atoms with Crippen LogP contribution in [-0.4, -0.2) is 47.0 Å². The molecule has 6 heteroatoms. The molecule has 1 saturated heterocycles. The molecule has 0 bridgehead atoms. The number of hydrogen-bond donors (Lipinski definition) is 0. The van der Waals surface area contributed by atoms with Crippen LogP contribution in [-0.2, 0) is 16.8 Å². The molecule has 0 N–H and O–H groups in total. The number of piperazine rings is 1. The van der Waals surface area contributed by atoms with Gasteiger partial charge in [-0.15, -0.1) is 0 Å². The Kier molecular flexibility index (Phi) is 4.29. The van der Waals surface area contributed by atoms with Gasteiger partial charge in [-0.05, 0) is 37.5 Å². The molecule has 2 fully saturated rings. The number of amides is 1. The molecular weight excluding hydrogens is 338 g/mol. The highest BCUT2D eigenvalue weighted by Gasteiger charge is 2.53. The van der Waals surface area contributed by atoms with Crippen molar-refractivity contribution >= 4 is 17.5 Å². The molecule has 2 aromatic rings. The van der Waals surface area contributed by atoms with Crippen LogP contribution in [0.5, 0.6) is 0 Å². The fourth-order valence-electron chi connectivity index (χ4n) is 3.64. The standard InChI is InChI=1S/C19H22ClN3O2/c1-14-12-17(25-21-14)13-22-8-10-23(11-9-22)18(24)19(6-7-19)15-2-4-16(20)5-3-15/h2-5,12H,6-11,13H2,1H3. The van der Waals surface area contributed by atoms with Crippen molar-refractivity contribution in [1.82, 2.24) is 15.0 Å². The zero-order chi connectivity index (χ0) is 17.4.